The lowest BCUT2D eigenvalue weighted by atomic mass is 10.1. The summed E-state index contributed by atoms with van der Waals surface area (Å²) in [6.45, 7) is 1.98. The van der Waals surface area contributed by atoms with Crippen LogP contribution in [0, 0.1) is 0 Å². The average Bonchev–Trinajstić information content (AvgIpc) is 2.36. The molecule has 3 N–H and O–H groups in total. The summed E-state index contributed by atoms with van der Waals surface area (Å²) in [5, 5.41) is 0. The molecule has 0 aliphatic carbocycles. The highest BCUT2D eigenvalue weighted by molar-refractivity contribution is 7.80. The molecule has 0 aliphatic rings. The molecule has 1 heterocycles. The molecule has 1 aromatic rings. The first-order chi connectivity index (χ1) is 4.72. The number of aromatic nitrogens is 1. The molecule has 1 unspecified atom stereocenters. The molecular weight excluding hydrogens is 144 g/mol. The van der Waals surface area contributed by atoms with E-state index >= 15 is 0 Å². The van der Waals surface area contributed by atoms with E-state index in [1.54, 1.807) is 0 Å². The van der Waals surface area contributed by atoms with Crippen molar-refractivity contribution in [3.63, 3.8) is 0 Å². The van der Waals surface area contributed by atoms with Gasteiger partial charge in [-0.3, -0.25) is 0 Å². The summed E-state index contributed by atoms with van der Waals surface area (Å²) in [5.74, 6) is 0.157. The van der Waals surface area contributed by atoms with Crippen LogP contribution in [0.2, 0.25) is 0 Å². The number of rotatable bonds is 2. The largest absolute Gasteiger partial charge is 0.393 e. The Bertz CT molecular complexity index is 216. The average molecular weight is 154 g/mol. The van der Waals surface area contributed by atoms with Crippen LogP contribution in [0.25, 0.3) is 0 Å². The Morgan fingerprint density at radius 3 is 2.90 bits per heavy atom. The van der Waals surface area contributed by atoms with Crippen molar-refractivity contribution in [2.45, 2.75) is 12.8 Å². The van der Waals surface area contributed by atoms with Gasteiger partial charge in [0.2, 0.25) is 0 Å². The molecule has 0 saturated heterocycles. The smallest absolute Gasteiger partial charge is 0.0815 e. The van der Waals surface area contributed by atoms with Gasteiger partial charge < -0.3 is 10.7 Å². The second kappa shape index (κ2) is 2.84. The third-order valence-corrected chi connectivity index (χ3v) is 1.87. The Morgan fingerprint density at radius 1 is 1.80 bits per heavy atom. The van der Waals surface area contributed by atoms with Crippen LogP contribution < -0.4 is 5.73 Å². The Hall–Kier alpha value is -0.830. The van der Waals surface area contributed by atoms with Crippen LogP contribution in [0.5, 0.6) is 0 Å². The van der Waals surface area contributed by atoms with E-state index in [9.17, 15) is 0 Å². The van der Waals surface area contributed by atoms with Gasteiger partial charge in [-0.25, -0.2) is 0 Å². The zero-order valence-electron chi connectivity index (χ0n) is 5.79. The molecule has 0 aromatic carbocycles. The minimum absolute atomic E-state index is 0.157. The lowest BCUT2D eigenvalue weighted by molar-refractivity contribution is 0.973. The topological polar surface area (TPSA) is 41.8 Å². The van der Waals surface area contributed by atoms with E-state index in [1.165, 1.54) is 0 Å². The number of aromatic amines is 1. The highest BCUT2D eigenvalue weighted by atomic mass is 32.1. The number of nitrogens with two attached hydrogens (primary N) is 1. The van der Waals surface area contributed by atoms with E-state index in [2.05, 4.69) is 4.98 Å². The van der Waals surface area contributed by atoms with E-state index in [1.807, 2.05) is 25.3 Å². The van der Waals surface area contributed by atoms with Gasteiger partial charge in [0.1, 0.15) is 0 Å². The van der Waals surface area contributed by atoms with Crippen molar-refractivity contribution in [1.29, 1.82) is 0 Å². The van der Waals surface area contributed by atoms with E-state index in [-0.39, 0.29) is 5.92 Å². The number of hydrogen-bond acceptors (Lipinski definition) is 1. The molecule has 1 aromatic heterocycles. The molecule has 10 heavy (non-hydrogen) atoms. The van der Waals surface area contributed by atoms with Crippen molar-refractivity contribution in [2.24, 2.45) is 5.73 Å². The molecular formula is C7H10N2S. The fraction of sp³-hybridized carbons (Fsp3) is 0.286. The highest BCUT2D eigenvalue weighted by Gasteiger charge is 2.07. The molecule has 1 atom stereocenters. The SMILES string of the molecule is CC(C(N)=S)c1ccc[nH]1. The third-order valence-electron chi connectivity index (χ3n) is 1.52. The first-order valence-corrected chi connectivity index (χ1v) is 3.55. The normalized spacial score (nSPS) is 12.9. The predicted octanol–water partition coefficient (Wildman–Crippen LogP) is 1.40. The van der Waals surface area contributed by atoms with Crippen LogP contribution >= 0.6 is 12.2 Å². The molecule has 2 nitrogen and oxygen atoms in total. The zero-order chi connectivity index (χ0) is 7.56. The van der Waals surface area contributed by atoms with Crippen LogP contribution in [0.4, 0.5) is 0 Å². The molecule has 1 rings (SSSR count). The minimum Gasteiger partial charge on any atom is -0.393 e. The fourth-order valence-corrected chi connectivity index (χ4v) is 0.894. The Kier molecular flexibility index (Phi) is 2.06. The molecule has 0 amide bonds. The van der Waals surface area contributed by atoms with E-state index in [0.29, 0.717) is 4.99 Å². The monoisotopic (exact) mass is 154 g/mol. The lowest BCUT2D eigenvalue weighted by Gasteiger charge is -2.05. The Labute approximate surface area is 65.4 Å². The van der Waals surface area contributed by atoms with Crippen molar-refractivity contribution in [2.75, 3.05) is 0 Å². The second-order valence-electron chi connectivity index (χ2n) is 2.25. The molecule has 3 heteroatoms. The summed E-state index contributed by atoms with van der Waals surface area (Å²) in [6, 6.07) is 3.91. The maximum atomic E-state index is 5.44. The van der Waals surface area contributed by atoms with Gasteiger partial charge in [0.15, 0.2) is 0 Å². The highest BCUT2D eigenvalue weighted by Crippen LogP contribution is 2.11. The third kappa shape index (κ3) is 1.36. The van der Waals surface area contributed by atoms with Gasteiger partial charge in [0.05, 0.1) is 4.99 Å². The Balaban J connectivity index is 2.77. The van der Waals surface area contributed by atoms with Crippen molar-refractivity contribution in [1.82, 2.24) is 4.98 Å². The van der Waals surface area contributed by atoms with Gasteiger partial charge in [-0.15, -0.1) is 0 Å². The molecule has 0 radical (unpaired) electrons. The van der Waals surface area contributed by atoms with Crippen LogP contribution in [-0.2, 0) is 0 Å². The van der Waals surface area contributed by atoms with Gasteiger partial charge >= 0.3 is 0 Å². The first kappa shape index (κ1) is 7.28. The zero-order valence-corrected chi connectivity index (χ0v) is 6.61. The molecule has 0 fully saturated rings. The van der Waals surface area contributed by atoms with Crippen LogP contribution in [0.1, 0.15) is 18.5 Å². The summed E-state index contributed by atoms with van der Waals surface area (Å²) >= 11 is 4.82. The van der Waals surface area contributed by atoms with Gasteiger partial charge in [-0.2, -0.15) is 0 Å². The van der Waals surface area contributed by atoms with Crippen LogP contribution in [0.3, 0.4) is 0 Å². The van der Waals surface area contributed by atoms with Crippen molar-refractivity contribution in [3.05, 3.63) is 24.0 Å². The van der Waals surface area contributed by atoms with Crippen molar-refractivity contribution in [3.8, 4) is 0 Å². The molecule has 0 bridgehead atoms. The number of thiocarbonyl (C=S) groups is 1. The van der Waals surface area contributed by atoms with Crippen LogP contribution in [0.15, 0.2) is 18.3 Å². The maximum absolute atomic E-state index is 5.44. The van der Waals surface area contributed by atoms with E-state index in [0.717, 1.165) is 5.69 Å². The molecule has 0 spiro atoms. The molecule has 0 saturated carbocycles. The maximum Gasteiger partial charge on any atom is 0.0815 e. The number of nitrogens with one attached hydrogen (secondary N) is 1. The summed E-state index contributed by atoms with van der Waals surface area (Å²) < 4.78 is 0. The fourth-order valence-electron chi connectivity index (χ4n) is 0.767. The van der Waals surface area contributed by atoms with Crippen molar-refractivity contribution < 1.29 is 0 Å². The number of H-pyrrole nitrogens is 1. The summed E-state index contributed by atoms with van der Waals surface area (Å²) in [4.78, 5) is 3.58. The standard InChI is InChI=1S/C7H10N2S/c1-5(7(8)10)6-3-2-4-9-6/h2-5,9H,1H3,(H2,8,10). The molecule has 54 valence electrons. The van der Waals surface area contributed by atoms with Crippen molar-refractivity contribution >= 4 is 17.2 Å². The summed E-state index contributed by atoms with van der Waals surface area (Å²) in [7, 11) is 0. The number of hydrogen-bond donors (Lipinski definition) is 2. The quantitative estimate of drug-likeness (QED) is 0.632. The van der Waals surface area contributed by atoms with Gasteiger partial charge in [-0.05, 0) is 12.1 Å². The summed E-state index contributed by atoms with van der Waals surface area (Å²) in [6.07, 6.45) is 1.87. The van der Waals surface area contributed by atoms with Gasteiger partial charge in [0.25, 0.3) is 0 Å². The molecule has 0 aliphatic heterocycles. The lowest BCUT2D eigenvalue weighted by Crippen LogP contribution is -2.16. The minimum atomic E-state index is 0.157. The van der Waals surface area contributed by atoms with E-state index in [4.69, 9.17) is 18.0 Å². The van der Waals surface area contributed by atoms with Gasteiger partial charge in [-0.1, -0.05) is 19.1 Å². The van der Waals surface area contributed by atoms with Gasteiger partial charge in [0, 0.05) is 17.8 Å². The summed E-state index contributed by atoms with van der Waals surface area (Å²) in [5.41, 5.74) is 6.52. The second-order valence-corrected chi connectivity index (χ2v) is 2.72. The van der Waals surface area contributed by atoms with Crippen LogP contribution in [-0.4, -0.2) is 9.97 Å². The first-order valence-electron chi connectivity index (χ1n) is 3.14. The van der Waals surface area contributed by atoms with E-state index < -0.39 is 0 Å². The predicted molar refractivity (Wildman–Crippen MR) is 46.0 cm³/mol. The Morgan fingerprint density at radius 2 is 2.50 bits per heavy atom.